The molecule has 0 aliphatic carbocycles. The van der Waals surface area contributed by atoms with Gasteiger partial charge in [0.1, 0.15) is 5.82 Å². The minimum Gasteiger partial charge on any atom is -0.493 e. The molecule has 1 aliphatic heterocycles. The molecule has 5 heterocycles. The average Bonchev–Trinajstić information content (AvgIpc) is 3.85. The molecule has 0 N–H and O–H groups in total. The van der Waals surface area contributed by atoms with Crippen LogP contribution in [-0.2, 0) is 37.3 Å². The zero-order valence-electron chi connectivity index (χ0n) is 37.6. The van der Waals surface area contributed by atoms with Crippen molar-refractivity contribution < 1.29 is 21.1 Å². The maximum atomic E-state index is 4.95. The Kier molecular flexibility index (Phi) is 10.9. The van der Waals surface area contributed by atoms with Gasteiger partial charge in [0, 0.05) is 73.4 Å². The van der Waals surface area contributed by atoms with Crippen LogP contribution in [0.5, 0.6) is 0 Å². The summed E-state index contributed by atoms with van der Waals surface area (Å²) in [5.74, 6) is 0.895. The fourth-order valence-electron chi connectivity index (χ4n) is 8.84. The standard InChI is InChI=1S/C57H51N6.Pt/c1-55(2,3)38-28-31-60-53(36-38)63-49-23-10-9-18-43(49)44-27-26-39(35-52(44)63)57(7,8)41-32-40(56(4,5)6)33-42(34-41)61-37-62(51-25-12-11-24-50(51)61)54-45(47-21-13-15-29-58-47)19-17-20-46(54)48-22-14-16-30-59-48;/h9-33,36-37H,1-8H3;/q-3;. The molecule has 0 saturated heterocycles. The van der Waals surface area contributed by atoms with Crippen LogP contribution in [0, 0.1) is 18.8 Å². The van der Waals surface area contributed by atoms with Crippen molar-refractivity contribution in [3.63, 3.8) is 0 Å². The van der Waals surface area contributed by atoms with Crippen LogP contribution in [-0.4, -0.2) is 19.5 Å². The van der Waals surface area contributed by atoms with Crippen LogP contribution in [0.25, 0.3) is 50.1 Å². The number of fused-ring (bicyclic) bond motifs is 4. The van der Waals surface area contributed by atoms with Gasteiger partial charge in [0.2, 0.25) is 0 Å². The summed E-state index contributed by atoms with van der Waals surface area (Å²) in [5, 5.41) is 2.34. The number of benzene rings is 5. The first kappa shape index (κ1) is 42.9. The number of para-hydroxylation sites is 4. The van der Waals surface area contributed by atoms with Crippen LogP contribution in [0.4, 0.5) is 22.7 Å². The van der Waals surface area contributed by atoms with Gasteiger partial charge in [-0.25, -0.2) is 4.98 Å². The first-order chi connectivity index (χ1) is 30.3. The molecule has 1 aliphatic rings. The van der Waals surface area contributed by atoms with E-state index in [-0.39, 0.29) is 31.9 Å². The second-order valence-corrected chi connectivity index (χ2v) is 19.2. The molecule has 322 valence electrons. The van der Waals surface area contributed by atoms with E-state index < -0.39 is 5.41 Å². The summed E-state index contributed by atoms with van der Waals surface area (Å²) in [6.07, 6.45) is 5.64. The van der Waals surface area contributed by atoms with Crippen molar-refractivity contribution in [2.45, 2.75) is 71.6 Å². The zero-order valence-corrected chi connectivity index (χ0v) is 39.9. The Morgan fingerprint density at radius 3 is 1.77 bits per heavy atom. The summed E-state index contributed by atoms with van der Waals surface area (Å²) >= 11 is 0. The molecular formula is C57H51N6Pt-3. The quantitative estimate of drug-likeness (QED) is 0.149. The second-order valence-electron chi connectivity index (χ2n) is 19.2. The van der Waals surface area contributed by atoms with Crippen LogP contribution in [0.2, 0.25) is 0 Å². The summed E-state index contributed by atoms with van der Waals surface area (Å²) < 4.78 is 2.28. The largest absolute Gasteiger partial charge is 0.493 e. The molecule has 4 aromatic heterocycles. The summed E-state index contributed by atoms with van der Waals surface area (Å²) in [6, 6.07) is 57.3. The van der Waals surface area contributed by atoms with Crippen LogP contribution < -0.4 is 9.80 Å². The molecule has 0 bridgehead atoms. The Morgan fingerprint density at radius 2 is 1.12 bits per heavy atom. The number of aromatic nitrogens is 4. The predicted octanol–water partition coefficient (Wildman–Crippen LogP) is 14.2. The van der Waals surface area contributed by atoms with E-state index in [9.17, 15) is 0 Å². The Balaban J connectivity index is 0.00000518. The topological polar surface area (TPSA) is 50.1 Å². The Labute approximate surface area is 391 Å². The molecule has 0 unspecified atom stereocenters. The maximum absolute atomic E-state index is 4.95. The van der Waals surface area contributed by atoms with Gasteiger partial charge in [0.05, 0.1) is 11.4 Å². The van der Waals surface area contributed by atoms with Crippen molar-refractivity contribution in [1.82, 2.24) is 19.5 Å². The number of pyridine rings is 3. The smallest absolute Gasteiger partial charge is 0.135 e. The van der Waals surface area contributed by atoms with E-state index in [0.717, 1.165) is 78.6 Å². The fourth-order valence-corrected chi connectivity index (χ4v) is 8.84. The molecule has 0 saturated carbocycles. The SMILES string of the molecule is CC(C)(C)c1cc(N2[CH-]N(c3c(-c4ccccn4)cccc3-c3ccccn3)c3ccccc32)[c-]c(C(C)(C)c2[c-]c3c(cc2)c2ccccc2n3-c2cc(C(C)(C)C)ccn2)c1.[Pt]. The number of hydrogen-bond acceptors (Lipinski definition) is 5. The van der Waals surface area contributed by atoms with Gasteiger partial charge < -0.3 is 14.4 Å². The van der Waals surface area contributed by atoms with Gasteiger partial charge in [-0.2, -0.15) is 47.0 Å². The van der Waals surface area contributed by atoms with E-state index in [1.165, 1.54) is 16.5 Å². The number of rotatable bonds is 7. The molecule has 7 heteroatoms. The molecule has 0 amide bonds. The van der Waals surface area contributed by atoms with Gasteiger partial charge in [-0.15, -0.1) is 23.8 Å². The molecule has 10 rings (SSSR count). The molecule has 5 aromatic carbocycles. The van der Waals surface area contributed by atoms with E-state index in [1.807, 2.05) is 42.9 Å². The second kappa shape index (κ2) is 16.3. The van der Waals surface area contributed by atoms with Gasteiger partial charge in [-0.05, 0) is 81.8 Å². The Hall–Kier alpha value is -6.36. The van der Waals surface area contributed by atoms with Crippen LogP contribution in [0.3, 0.4) is 0 Å². The van der Waals surface area contributed by atoms with Gasteiger partial charge in [-0.3, -0.25) is 9.97 Å². The van der Waals surface area contributed by atoms with Crippen molar-refractivity contribution in [3.05, 3.63) is 199 Å². The monoisotopic (exact) mass is 1010 g/mol. The zero-order chi connectivity index (χ0) is 43.7. The van der Waals surface area contributed by atoms with Crippen molar-refractivity contribution in [2.24, 2.45) is 0 Å². The van der Waals surface area contributed by atoms with E-state index in [4.69, 9.17) is 15.0 Å². The third kappa shape index (κ3) is 7.52. The molecule has 64 heavy (non-hydrogen) atoms. The number of hydrogen-bond donors (Lipinski definition) is 0. The minimum absolute atomic E-state index is 0. The average molecular weight is 1020 g/mol. The third-order valence-electron chi connectivity index (χ3n) is 12.5. The van der Waals surface area contributed by atoms with E-state index in [0.29, 0.717) is 0 Å². The molecule has 0 radical (unpaired) electrons. The van der Waals surface area contributed by atoms with Crippen LogP contribution >= 0.6 is 0 Å². The number of nitrogens with zero attached hydrogens (tertiary/aromatic N) is 6. The summed E-state index contributed by atoms with van der Waals surface area (Å²) in [7, 11) is 0. The normalized spacial score (nSPS) is 13.1. The van der Waals surface area contributed by atoms with Crippen molar-refractivity contribution >= 4 is 44.6 Å². The fraction of sp³-hybridized carbons (Fsp3) is 0.193. The van der Waals surface area contributed by atoms with Crippen molar-refractivity contribution in [2.75, 3.05) is 9.80 Å². The first-order valence-corrected chi connectivity index (χ1v) is 21.8. The Bertz CT molecular complexity index is 3100. The van der Waals surface area contributed by atoms with Gasteiger partial charge in [0.15, 0.2) is 0 Å². The van der Waals surface area contributed by atoms with Crippen LogP contribution in [0.15, 0.2) is 158 Å². The van der Waals surface area contributed by atoms with Crippen molar-refractivity contribution in [1.29, 1.82) is 0 Å². The summed E-state index contributed by atoms with van der Waals surface area (Å²) in [4.78, 5) is 19.2. The first-order valence-electron chi connectivity index (χ1n) is 21.8. The summed E-state index contributed by atoms with van der Waals surface area (Å²) in [6.45, 7) is 20.4. The molecule has 0 atom stereocenters. The maximum Gasteiger partial charge on any atom is 0.135 e. The van der Waals surface area contributed by atoms with Gasteiger partial charge >= 0.3 is 0 Å². The van der Waals surface area contributed by atoms with Gasteiger partial charge in [-0.1, -0.05) is 122 Å². The van der Waals surface area contributed by atoms with E-state index in [2.05, 4.69) is 204 Å². The predicted molar refractivity (Wildman–Crippen MR) is 260 cm³/mol. The Morgan fingerprint density at radius 1 is 0.500 bits per heavy atom. The number of anilines is 4. The van der Waals surface area contributed by atoms with Crippen LogP contribution in [0.1, 0.15) is 77.6 Å². The molecule has 9 aromatic rings. The third-order valence-corrected chi connectivity index (χ3v) is 12.5. The molecule has 6 nitrogen and oxygen atoms in total. The molecule has 0 spiro atoms. The molecule has 0 fully saturated rings. The minimum atomic E-state index is -0.483. The molecular weight excluding hydrogens is 964 g/mol. The summed E-state index contributed by atoms with van der Waals surface area (Å²) in [5.41, 5.74) is 14.0. The van der Waals surface area contributed by atoms with Crippen molar-refractivity contribution in [3.8, 4) is 28.3 Å². The van der Waals surface area contributed by atoms with E-state index >= 15 is 0 Å². The van der Waals surface area contributed by atoms with Gasteiger partial charge in [0.25, 0.3) is 0 Å². The van der Waals surface area contributed by atoms with E-state index in [1.54, 1.807) is 0 Å².